The minimum atomic E-state index is -0.303. The fourth-order valence-electron chi connectivity index (χ4n) is 3.20. The van der Waals surface area contributed by atoms with Crippen LogP contribution in [0.3, 0.4) is 0 Å². The molecule has 2 aromatic carbocycles. The van der Waals surface area contributed by atoms with Crippen LogP contribution in [0.15, 0.2) is 71.6 Å². The second-order valence-corrected chi connectivity index (χ2v) is 6.93. The molecule has 0 saturated carbocycles. The van der Waals surface area contributed by atoms with E-state index in [0.717, 1.165) is 28.8 Å². The summed E-state index contributed by atoms with van der Waals surface area (Å²) >= 11 is 0. The number of hydrogen-bond donors (Lipinski definition) is 1. The van der Waals surface area contributed by atoms with Crippen molar-refractivity contribution in [2.24, 2.45) is 7.05 Å². The van der Waals surface area contributed by atoms with E-state index in [4.69, 9.17) is 4.42 Å². The first-order valence-corrected chi connectivity index (χ1v) is 9.69. The molecule has 4 aromatic rings. The molecule has 0 spiro atoms. The fraction of sp³-hybridized carbons (Fsp3) is 0.130. The van der Waals surface area contributed by atoms with Gasteiger partial charge in [0, 0.05) is 36.4 Å². The molecule has 0 aliphatic heterocycles. The molecule has 0 fully saturated rings. The molecular formula is C23H20FN5O2. The number of carbonyl (C=O) groups is 1. The maximum absolute atomic E-state index is 13.2. The lowest BCUT2D eigenvalue weighted by Crippen LogP contribution is -2.07. The zero-order valence-electron chi connectivity index (χ0n) is 16.8. The molecule has 2 heterocycles. The molecular weight excluding hydrogens is 397 g/mol. The van der Waals surface area contributed by atoms with Crippen LogP contribution in [-0.2, 0) is 24.7 Å². The summed E-state index contributed by atoms with van der Waals surface area (Å²) in [6.45, 7) is 0. The zero-order valence-corrected chi connectivity index (χ0v) is 16.8. The van der Waals surface area contributed by atoms with Crippen molar-refractivity contribution in [3.05, 3.63) is 90.0 Å². The van der Waals surface area contributed by atoms with E-state index >= 15 is 0 Å². The molecule has 0 radical (unpaired) electrons. The Hall–Kier alpha value is -4.07. The van der Waals surface area contributed by atoms with Crippen LogP contribution < -0.4 is 5.32 Å². The number of nitrogens with zero attached hydrogens (tertiary/aromatic N) is 4. The molecule has 2 aromatic heterocycles. The van der Waals surface area contributed by atoms with E-state index in [0.29, 0.717) is 18.0 Å². The van der Waals surface area contributed by atoms with E-state index in [1.807, 2.05) is 24.3 Å². The summed E-state index contributed by atoms with van der Waals surface area (Å²) in [7, 11) is 1.80. The summed E-state index contributed by atoms with van der Waals surface area (Å²) in [5, 5.41) is 14.6. The van der Waals surface area contributed by atoms with Crippen LogP contribution in [0.25, 0.3) is 17.3 Å². The van der Waals surface area contributed by atoms with E-state index in [1.165, 1.54) is 24.6 Å². The molecule has 0 bridgehead atoms. The summed E-state index contributed by atoms with van der Waals surface area (Å²) in [5.74, 6) is 0.0356. The number of nitrogens with one attached hydrogen (secondary N) is 1. The van der Waals surface area contributed by atoms with Gasteiger partial charge in [-0.3, -0.25) is 9.48 Å². The van der Waals surface area contributed by atoms with Gasteiger partial charge in [0.1, 0.15) is 5.82 Å². The topological polar surface area (TPSA) is 85.8 Å². The third-order valence-corrected chi connectivity index (χ3v) is 4.75. The van der Waals surface area contributed by atoms with Gasteiger partial charge >= 0.3 is 0 Å². The summed E-state index contributed by atoms with van der Waals surface area (Å²) in [5.41, 5.74) is 4.18. The van der Waals surface area contributed by atoms with Crippen molar-refractivity contribution in [1.29, 1.82) is 0 Å². The van der Waals surface area contributed by atoms with Gasteiger partial charge in [0.15, 0.2) is 0 Å². The maximum Gasteiger partial charge on any atom is 0.248 e. The van der Waals surface area contributed by atoms with Gasteiger partial charge in [-0.2, -0.15) is 5.10 Å². The molecule has 156 valence electrons. The molecule has 0 atom stereocenters. The normalized spacial score (nSPS) is 11.2. The van der Waals surface area contributed by atoms with Gasteiger partial charge in [-0.25, -0.2) is 4.39 Å². The highest BCUT2D eigenvalue weighted by Crippen LogP contribution is 2.24. The van der Waals surface area contributed by atoms with Crippen molar-refractivity contribution in [3.8, 4) is 11.3 Å². The molecule has 0 aliphatic carbocycles. The first-order chi connectivity index (χ1) is 15.1. The fourth-order valence-corrected chi connectivity index (χ4v) is 3.20. The van der Waals surface area contributed by atoms with Crippen LogP contribution in [-0.4, -0.2) is 25.9 Å². The standard InChI is InChI=1S/C23H20FN5O2/c1-29-23(17-5-8-19(24)9-6-17)18(14-26-29)7-12-21(30)27-20-10-2-16(3-11-20)4-13-22-28-25-15-31-22/h2-3,5-12,14-15H,4,13H2,1H3,(H,27,30). The molecule has 4 rings (SSSR count). The average Bonchev–Trinajstić information content (AvgIpc) is 3.42. The molecule has 0 unspecified atom stereocenters. The van der Waals surface area contributed by atoms with Crippen molar-refractivity contribution in [3.63, 3.8) is 0 Å². The Bertz CT molecular complexity index is 1180. The molecule has 0 saturated heterocycles. The van der Waals surface area contributed by atoms with Gasteiger partial charge in [-0.15, -0.1) is 10.2 Å². The predicted octanol–water partition coefficient (Wildman–Crippen LogP) is 4.05. The van der Waals surface area contributed by atoms with Gasteiger partial charge in [0.25, 0.3) is 0 Å². The number of aromatic nitrogens is 4. The van der Waals surface area contributed by atoms with Crippen LogP contribution in [0.4, 0.5) is 10.1 Å². The number of hydrogen-bond acceptors (Lipinski definition) is 5. The summed E-state index contributed by atoms with van der Waals surface area (Å²) < 4.78 is 20.0. The van der Waals surface area contributed by atoms with Gasteiger partial charge in [-0.1, -0.05) is 12.1 Å². The lowest BCUT2D eigenvalue weighted by atomic mass is 10.1. The first kappa shape index (κ1) is 20.2. The van der Waals surface area contributed by atoms with Gasteiger partial charge in [0.2, 0.25) is 18.2 Å². The Kier molecular flexibility index (Phi) is 5.98. The summed E-state index contributed by atoms with van der Waals surface area (Å²) in [6.07, 6.45) is 7.56. The number of carbonyl (C=O) groups excluding carboxylic acids is 1. The van der Waals surface area contributed by atoms with E-state index in [2.05, 4.69) is 20.6 Å². The second kappa shape index (κ2) is 9.17. The molecule has 7 nitrogen and oxygen atoms in total. The van der Waals surface area contributed by atoms with E-state index in [-0.39, 0.29) is 11.7 Å². The first-order valence-electron chi connectivity index (χ1n) is 9.69. The third-order valence-electron chi connectivity index (χ3n) is 4.75. The van der Waals surface area contributed by atoms with Crippen LogP contribution in [0.1, 0.15) is 17.0 Å². The molecule has 8 heteroatoms. The van der Waals surface area contributed by atoms with Crippen LogP contribution >= 0.6 is 0 Å². The largest absolute Gasteiger partial charge is 0.428 e. The molecule has 1 N–H and O–H groups in total. The van der Waals surface area contributed by atoms with E-state index < -0.39 is 0 Å². The summed E-state index contributed by atoms with van der Waals surface area (Å²) in [4.78, 5) is 12.3. The molecule has 31 heavy (non-hydrogen) atoms. The Morgan fingerprint density at radius 2 is 1.90 bits per heavy atom. The Morgan fingerprint density at radius 3 is 2.61 bits per heavy atom. The minimum Gasteiger partial charge on any atom is -0.428 e. The number of amides is 1. The zero-order chi connectivity index (χ0) is 21.6. The van der Waals surface area contributed by atoms with Crippen molar-refractivity contribution >= 4 is 17.7 Å². The van der Waals surface area contributed by atoms with Crippen LogP contribution in [0.5, 0.6) is 0 Å². The van der Waals surface area contributed by atoms with Crippen molar-refractivity contribution in [2.75, 3.05) is 5.32 Å². The van der Waals surface area contributed by atoms with E-state index in [9.17, 15) is 9.18 Å². The number of rotatable bonds is 7. The number of halogens is 1. The van der Waals surface area contributed by atoms with Crippen molar-refractivity contribution in [1.82, 2.24) is 20.0 Å². The lowest BCUT2D eigenvalue weighted by molar-refractivity contribution is -0.111. The van der Waals surface area contributed by atoms with Gasteiger partial charge in [-0.05, 0) is 54.5 Å². The average molecular weight is 417 g/mol. The molecule has 0 aliphatic rings. The number of anilines is 1. The maximum atomic E-state index is 13.2. The van der Waals surface area contributed by atoms with Crippen molar-refractivity contribution in [2.45, 2.75) is 12.8 Å². The van der Waals surface area contributed by atoms with E-state index in [1.54, 1.807) is 36.1 Å². The summed E-state index contributed by atoms with van der Waals surface area (Å²) in [6, 6.07) is 13.8. The monoisotopic (exact) mass is 417 g/mol. The minimum absolute atomic E-state index is 0.257. The number of aryl methyl sites for hydroxylation is 3. The Labute approximate surface area is 178 Å². The highest BCUT2D eigenvalue weighted by molar-refractivity contribution is 6.02. The Balaban J connectivity index is 1.38. The third kappa shape index (κ3) is 5.11. The second-order valence-electron chi connectivity index (χ2n) is 6.93. The predicted molar refractivity (Wildman–Crippen MR) is 114 cm³/mol. The number of benzene rings is 2. The van der Waals surface area contributed by atoms with Gasteiger partial charge < -0.3 is 9.73 Å². The smallest absolute Gasteiger partial charge is 0.248 e. The highest BCUT2D eigenvalue weighted by atomic mass is 19.1. The Morgan fingerprint density at radius 1 is 1.13 bits per heavy atom. The quantitative estimate of drug-likeness (QED) is 0.459. The van der Waals surface area contributed by atoms with Gasteiger partial charge in [0.05, 0.1) is 11.9 Å². The van der Waals surface area contributed by atoms with Crippen LogP contribution in [0.2, 0.25) is 0 Å². The molecule has 1 amide bonds. The SMILES string of the molecule is Cn1ncc(C=CC(=O)Nc2ccc(CCc3nnco3)cc2)c1-c1ccc(F)cc1. The highest BCUT2D eigenvalue weighted by Gasteiger charge is 2.09. The van der Waals surface area contributed by atoms with Crippen molar-refractivity contribution < 1.29 is 13.6 Å². The lowest BCUT2D eigenvalue weighted by Gasteiger charge is -2.05. The van der Waals surface area contributed by atoms with Crippen LogP contribution in [0, 0.1) is 5.82 Å².